The van der Waals surface area contributed by atoms with Crippen LogP contribution in [0, 0.1) is 11.6 Å². The number of aryl methyl sites for hydroxylation is 1. The summed E-state index contributed by atoms with van der Waals surface area (Å²) in [5.74, 6) is -1.68. The molecule has 21 heavy (non-hydrogen) atoms. The summed E-state index contributed by atoms with van der Waals surface area (Å²) in [6.45, 7) is 0. The zero-order chi connectivity index (χ0) is 15.0. The van der Waals surface area contributed by atoms with Gasteiger partial charge in [0.1, 0.15) is 11.6 Å². The van der Waals surface area contributed by atoms with Crippen molar-refractivity contribution < 1.29 is 13.6 Å². The third-order valence-corrected chi connectivity index (χ3v) is 3.76. The van der Waals surface area contributed by atoms with Crippen molar-refractivity contribution in [3.8, 4) is 0 Å². The number of nitrogens with one attached hydrogen (secondary N) is 1. The lowest BCUT2D eigenvalue weighted by atomic mass is 10.1. The Labute approximate surface area is 120 Å². The van der Waals surface area contributed by atoms with Crippen molar-refractivity contribution in [1.29, 1.82) is 0 Å². The lowest BCUT2D eigenvalue weighted by Crippen LogP contribution is -2.14. The van der Waals surface area contributed by atoms with Crippen LogP contribution in [0.3, 0.4) is 0 Å². The van der Waals surface area contributed by atoms with Crippen molar-refractivity contribution in [2.45, 2.75) is 18.9 Å². The van der Waals surface area contributed by atoms with Gasteiger partial charge >= 0.3 is 0 Å². The van der Waals surface area contributed by atoms with Crippen LogP contribution >= 0.6 is 0 Å². The van der Waals surface area contributed by atoms with Crippen LogP contribution in [0.4, 0.5) is 14.5 Å². The second-order valence-corrected chi connectivity index (χ2v) is 5.14. The molecule has 1 aliphatic rings. The Morgan fingerprint density at radius 2 is 2.00 bits per heavy atom. The number of rotatable bonds is 3. The van der Waals surface area contributed by atoms with Crippen molar-refractivity contribution in [2.24, 2.45) is 5.73 Å². The standard InChI is InChI=1S/C16H14F2N2O/c17-10-2-4-12-9(7-10)1-6-15(12)20-11-3-5-14(18)13(8-11)16(19)21/h2-5,7-8,15,20H,1,6H2,(H2,19,21). The molecule has 0 radical (unpaired) electrons. The van der Waals surface area contributed by atoms with E-state index in [-0.39, 0.29) is 17.4 Å². The van der Waals surface area contributed by atoms with Crippen LogP contribution in [0.1, 0.15) is 33.9 Å². The third kappa shape index (κ3) is 2.59. The molecule has 1 amide bonds. The van der Waals surface area contributed by atoms with Crippen molar-refractivity contribution in [2.75, 3.05) is 5.32 Å². The first-order valence-corrected chi connectivity index (χ1v) is 6.69. The Morgan fingerprint density at radius 3 is 2.76 bits per heavy atom. The first kappa shape index (κ1) is 13.5. The van der Waals surface area contributed by atoms with E-state index in [1.54, 1.807) is 12.1 Å². The first-order chi connectivity index (χ1) is 10.0. The third-order valence-electron chi connectivity index (χ3n) is 3.76. The fourth-order valence-corrected chi connectivity index (χ4v) is 2.74. The molecule has 0 fully saturated rings. The van der Waals surface area contributed by atoms with E-state index in [9.17, 15) is 13.6 Å². The maximum Gasteiger partial charge on any atom is 0.251 e. The largest absolute Gasteiger partial charge is 0.378 e. The SMILES string of the molecule is NC(=O)c1cc(NC2CCc3cc(F)ccc32)ccc1F. The molecule has 2 aromatic carbocycles. The highest BCUT2D eigenvalue weighted by Crippen LogP contribution is 2.34. The first-order valence-electron chi connectivity index (χ1n) is 6.69. The minimum absolute atomic E-state index is 0.0202. The van der Waals surface area contributed by atoms with Crippen LogP contribution in [0.15, 0.2) is 36.4 Å². The van der Waals surface area contributed by atoms with E-state index >= 15 is 0 Å². The molecule has 1 unspecified atom stereocenters. The number of primary amides is 1. The molecule has 2 aromatic rings. The molecule has 3 N–H and O–H groups in total. The summed E-state index contributed by atoms with van der Waals surface area (Å²) in [5, 5.41) is 3.24. The highest BCUT2D eigenvalue weighted by atomic mass is 19.1. The van der Waals surface area contributed by atoms with Gasteiger partial charge in [-0.15, -0.1) is 0 Å². The molecule has 0 spiro atoms. The van der Waals surface area contributed by atoms with Gasteiger partial charge in [-0.3, -0.25) is 4.79 Å². The van der Waals surface area contributed by atoms with Crippen LogP contribution in [0.5, 0.6) is 0 Å². The molecule has 5 heteroatoms. The van der Waals surface area contributed by atoms with Gasteiger partial charge < -0.3 is 11.1 Å². The van der Waals surface area contributed by atoms with E-state index in [1.807, 2.05) is 0 Å². The average Bonchev–Trinajstić information content (AvgIpc) is 2.83. The molecule has 3 nitrogen and oxygen atoms in total. The van der Waals surface area contributed by atoms with Crippen LogP contribution in [0.2, 0.25) is 0 Å². The molecule has 1 atom stereocenters. The van der Waals surface area contributed by atoms with Gasteiger partial charge in [-0.25, -0.2) is 8.78 Å². The quantitative estimate of drug-likeness (QED) is 0.911. The van der Waals surface area contributed by atoms with Gasteiger partial charge in [0.2, 0.25) is 0 Å². The van der Waals surface area contributed by atoms with Crippen molar-refractivity contribution in [1.82, 2.24) is 0 Å². The number of hydrogen-bond donors (Lipinski definition) is 2. The van der Waals surface area contributed by atoms with Crippen LogP contribution in [-0.4, -0.2) is 5.91 Å². The summed E-state index contributed by atoms with van der Waals surface area (Å²) < 4.78 is 26.6. The van der Waals surface area contributed by atoms with Crippen molar-refractivity contribution >= 4 is 11.6 Å². The number of anilines is 1. The van der Waals surface area contributed by atoms with Crippen molar-refractivity contribution in [3.63, 3.8) is 0 Å². The molecule has 3 rings (SSSR count). The summed E-state index contributed by atoms with van der Waals surface area (Å²) in [5.41, 5.74) is 7.62. The van der Waals surface area contributed by atoms with Crippen molar-refractivity contribution in [3.05, 3.63) is 64.7 Å². The molecule has 1 aliphatic carbocycles. The van der Waals surface area contributed by atoms with E-state index < -0.39 is 11.7 Å². The molecule has 0 saturated heterocycles. The fraction of sp³-hybridized carbons (Fsp3) is 0.188. The van der Waals surface area contributed by atoms with E-state index in [0.717, 1.165) is 24.0 Å². The summed E-state index contributed by atoms with van der Waals surface area (Å²) in [7, 11) is 0. The van der Waals surface area contributed by atoms with Gasteiger partial charge in [0, 0.05) is 5.69 Å². The highest BCUT2D eigenvalue weighted by molar-refractivity contribution is 5.94. The summed E-state index contributed by atoms with van der Waals surface area (Å²) in [4.78, 5) is 11.2. The maximum absolute atomic E-state index is 13.4. The molecular formula is C16H14F2N2O. The summed E-state index contributed by atoms with van der Waals surface area (Å²) in [6, 6.07) is 8.92. The normalized spacial score (nSPS) is 16.6. The van der Waals surface area contributed by atoms with Crippen LogP contribution in [-0.2, 0) is 6.42 Å². The lowest BCUT2D eigenvalue weighted by Gasteiger charge is -2.16. The minimum atomic E-state index is -0.801. The Morgan fingerprint density at radius 1 is 1.19 bits per heavy atom. The van der Waals surface area contributed by atoms with Gasteiger partial charge in [0.25, 0.3) is 5.91 Å². The van der Waals surface area contributed by atoms with Gasteiger partial charge in [-0.05, 0) is 54.3 Å². The topological polar surface area (TPSA) is 55.1 Å². The predicted molar refractivity (Wildman–Crippen MR) is 76.0 cm³/mol. The maximum atomic E-state index is 13.4. The second-order valence-electron chi connectivity index (χ2n) is 5.14. The molecule has 0 bridgehead atoms. The molecule has 0 saturated carbocycles. The lowest BCUT2D eigenvalue weighted by molar-refractivity contribution is 0.0996. The molecule has 0 aromatic heterocycles. The number of benzene rings is 2. The van der Waals surface area contributed by atoms with E-state index in [4.69, 9.17) is 5.73 Å². The number of fused-ring (bicyclic) bond motifs is 1. The Bertz CT molecular complexity index is 715. The Balaban J connectivity index is 1.86. The summed E-state index contributed by atoms with van der Waals surface area (Å²) >= 11 is 0. The summed E-state index contributed by atoms with van der Waals surface area (Å²) in [6.07, 6.45) is 1.61. The molecule has 0 heterocycles. The number of amides is 1. The number of carbonyl (C=O) groups excluding carboxylic acids is 1. The fourth-order valence-electron chi connectivity index (χ4n) is 2.74. The highest BCUT2D eigenvalue weighted by Gasteiger charge is 2.23. The Hall–Kier alpha value is -2.43. The molecule has 0 aliphatic heterocycles. The van der Waals surface area contributed by atoms with Gasteiger partial charge in [0.05, 0.1) is 11.6 Å². The van der Waals surface area contributed by atoms with Crippen LogP contribution < -0.4 is 11.1 Å². The number of nitrogens with two attached hydrogens (primary N) is 1. The predicted octanol–water partition coefficient (Wildman–Crippen LogP) is 3.16. The minimum Gasteiger partial charge on any atom is -0.378 e. The van der Waals surface area contributed by atoms with E-state index in [2.05, 4.69) is 5.32 Å². The van der Waals surface area contributed by atoms with Gasteiger partial charge in [0.15, 0.2) is 0 Å². The van der Waals surface area contributed by atoms with E-state index in [0.29, 0.717) is 5.69 Å². The van der Waals surface area contributed by atoms with Gasteiger partial charge in [-0.1, -0.05) is 6.07 Å². The smallest absolute Gasteiger partial charge is 0.251 e. The monoisotopic (exact) mass is 288 g/mol. The second kappa shape index (κ2) is 5.16. The number of hydrogen-bond acceptors (Lipinski definition) is 2. The zero-order valence-corrected chi connectivity index (χ0v) is 11.2. The zero-order valence-electron chi connectivity index (χ0n) is 11.2. The molecular weight excluding hydrogens is 274 g/mol. The molecule has 108 valence electrons. The van der Waals surface area contributed by atoms with Crippen LogP contribution in [0.25, 0.3) is 0 Å². The van der Waals surface area contributed by atoms with Gasteiger partial charge in [-0.2, -0.15) is 0 Å². The van der Waals surface area contributed by atoms with E-state index in [1.165, 1.54) is 24.3 Å². The average molecular weight is 288 g/mol. The number of carbonyl (C=O) groups is 1. The Kier molecular flexibility index (Phi) is 3.33. The number of halogens is 2.